The standard InChI is InChI=1S/C19H23N3OS/c1-14-8-3-4-9-15(14)19(11-5-6-12-19)22-18(24)21-17-16(23-2)10-7-13-20-17/h3-4,7-10,13H,5-6,11-12H2,1-2H3,(H2,20,21,22,24). The topological polar surface area (TPSA) is 46.2 Å². The van der Waals surface area contributed by atoms with Crippen molar-refractivity contribution in [1.29, 1.82) is 0 Å². The Kier molecular flexibility index (Phi) is 5.00. The van der Waals surface area contributed by atoms with Gasteiger partial charge >= 0.3 is 0 Å². The molecule has 1 aliphatic carbocycles. The Balaban J connectivity index is 1.82. The van der Waals surface area contributed by atoms with E-state index in [1.165, 1.54) is 24.0 Å². The Bertz CT molecular complexity index is 726. The third kappa shape index (κ3) is 3.36. The first-order valence-electron chi connectivity index (χ1n) is 8.29. The zero-order valence-corrected chi connectivity index (χ0v) is 15.0. The van der Waals surface area contributed by atoms with Gasteiger partial charge in [-0.2, -0.15) is 0 Å². The molecule has 0 amide bonds. The van der Waals surface area contributed by atoms with Crippen LogP contribution in [0.4, 0.5) is 5.82 Å². The normalized spacial score (nSPS) is 15.8. The van der Waals surface area contributed by atoms with E-state index in [9.17, 15) is 0 Å². The summed E-state index contributed by atoms with van der Waals surface area (Å²) in [6.07, 6.45) is 6.30. The molecule has 3 rings (SSSR count). The number of hydrogen-bond acceptors (Lipinski definition) is 3. The summed E-state index contributed by atoms with van der Waals surface area (Å²) in [6, 6.07) is 12.3. The maximum atomic E-state index is 5.58. The second-order valence-electron chi connectivity index (χ2n) is 6.24. The van der Waals surface area contributed by atoms with Crippen LogP contribution in [0, 0.1) is 6.92 Å². The molecule has 2 aromatic rings. The molecular formula is C19H23N3OS. The molecule has 24 heavy (non-hydrogen) atoms. The molecule has 1 heterocycles. The van der Waals surface area contributed by atoms with Crippen LogP contribution in [0.25, 0.3) is 0 Å². The van der Waals surface area contributed by atoms with Gasteiger partial charge < -0.3 is 15.4 Å². The molecular weight excluding hydrogens is 318 g/mol. The van der Waals surface area contributed by atoms with Crippen LogP contribution in [-0.4, -0.2) is 17.2 Å². The van der Waals surface area contributed by atoms with Crippen LogP contribution in [0.3, 0.4) is 0 Å². The van der Waals surface area contributed by atoms with Gasteiger partial charge in [-0.15, -0.1) is 0 Å². The second kappa shape index (κ2) is 7.18. The van der Waals surface area contributed by atoms with E-state index in [1.807, 2.05) is 12.1 Å². The summed E-state index contributed by atoms with van der Waals surface area (Å²) in [4.78, 5) is 4.31. The van der Waals surface area contributed by atoms with Crippen LogP contribution in [0.2, 0.25) is 0 Å². The number of ether oxygens (including phenoxy) is 1. The number of hydrogen-bond donors (Lipinski definition) is 2. The van der Waals surface area contributed by atoms with Crippen molar-refractivity contribution < 1.29 is 4.74 Å². The van der Waals surface area contributed by atoms with Gasteiger partial charge in [-0.25, -0.2) is 4.98 Å². The Labute approximate surface area is 148 Å². The molecule has 5 heteroatoms. The SMILES string of the molecule is COc1cccnc1NC(=S)NC1(c2ccccc2C)CCCC1. The predicted molar refractivity (Wildman–Crippen MR) is 101 cm³/mol. The van der Waals surface area contributed by atoms with Crippen molar-refractivity contribution in [1.82, 2.24) is 10.3 Å². The number of benzene rings is 1. The maximum absolute atomic E-state index is 5.58. The minimum atomic E-state index is -0.0998. The van der Waals surface area contributed by atoms with Crippen molar-refractivity contribution in [3.63, 3.8) is 0 Å². The highest BCUT2D eigenvalue weighted by molar-refractivity contribution is 7.80. The van der Waals surface area contributed by atoms with Crippen LogP contribution in [0.5, 0.6) is 5.75 Å². The van der Waals surface area contributed by atoms with Crippen LogP contribution in [-0.2, 0) is 5.54 Å². The number of aryl methyl sites for hydroxylation is 1. The third-order valence-corrected chi connectivity index (χ3v) is 4.90. The van der Waals surface area contributed by atoms with E-state index in [1.54, 1.807) is 13.3 Å². The largest absolute Gasteiger partial charge is 0.493 e. The van der Waals surface area contributed by atoms with Crippen LogP contribution in [0.15, 0.2) is 42.6 Å². The minimum absolute atomic E-state index is 0.0998. The molecule has 126 valence electrons. The van der Waals surface area contributed by atoms with Crippen molar-refractivity contribution in [3.05, 3.63) is 53.7 Å². The van der Waals surface area contributed by atoms with E-state index >= 15 is 0 Å². The Morgan fingerprint density at radius 2 is 1.92 bits per heavy atom. The number of rotatable bonds is 4. The summed E-state index contributed by atoms with van der Waals surface area (Å²) >= 11 is 5.58. The average Bonchev–Trinajstić information content (AvgIpc) is 3.05. The third-order valence-electron chi connectivity index (χ3n) is 4.69. The summed E-state index contributed by atoms with van der Waals surface area (Å²) in [6.45, 7) is 2.16. The average molecular weight is 341 g/mol. The number of thiocarbonyl (C=S) groups is 1. The van der Waals surface area contributed by atoms with Crippen molar-refractivity contribution in [2.75, 3.05) is 12.4 Å². The first-order chi connectivity index (χ1) is 11.6. The molecule has 0 radical (unpaired) electrons. The van der Waals surface area contributed by atoms with Crippen molar-refractivity contribution >= 4 is 23.1 Å². The van der Waals surface area contributed by atoms with Gasteiger partial charge in [-0.1, -0.05) is 37.1 Å². The predicted octanol–water partition coefficient (Wildman–Crippen LogP) is 4.15. The fraction of sp³-hybridized carbons (Fsp3) is 0.368. The van der Waals surface area contributed by atoms with Crippen LogP contribution >= 0.6 is 12.2 Å². The molecule has 2 N–H and O–H groups in total. The van der Waals surface area contributed by atoms with Gasteiger partial charge in [0, 0.05) is 6.20 Å². The van der Waals surface area contributed by atoms with Gasteiger partial charge in [0.05, 0.1) is 12.6 Å². The van der Waals surface area contributed by atoms with Gasteiger partial charge in [0.2, 0.25) is 0 Å². The summed E-state index contributed by atoms with van der Waals surface area (Å²) in [5.74, 6) is 1.31. The molecule has 0 saturated heterocycles. The van der Waals surface area contributed by atoms with Gasteiger partial charge in [0.15, 0.2) is 16.7 Å². The van der Waals surface area contributed by atoms with E-state index in [2.05, 4.69) is 46.8 Å². The quantitative estimate of drug-likeness (QED) is 0.818. The first kappa shape index (κ1) is 16.7. The van der Waals surface area contributed by atoms with Crippen molar-refractivity contribution in [3.8, 4) is 5.75 Å². The zero-order valence-electron chi connectivity index (χ0n) is 14.1. The lowest BCUT2D eigenvalue weighted by Crippen LogP contribution is -2.46. The molecule has 0 spiro atoms. The smallest absolute Gasteiger partial charge is 0.174 e. The van der Waals surface area contributed by atoms with Gasteiger partial charge in [-0.3, -0.25) is 0 Å². The number of methoxy groups -OCH3 is 1. The molecule has 1 aromatic heterocycles. The summed E-state index contributed by atoms with van der Waals surface area (Å²) in [5.41, 5.74) is 2.53. The number of anilines is 1. The molecule has 0 aliphatic heterocycles. The van der Waals surface area contributed by atoms with E-state index < -0.39 is 0 Å². The first-order valence-corrected chi connectivity index (χ1v) is 8.70. The van der Waals surface area contributed by atoms with E-state index in [0.717, 1.165) is 12.8 Å². The summed E-state index contributed by atoms with van der Waals surface area (Å²) in [7, 11) is 1.63. The van der Waals surface area contributed by atoms with Crippen LogP contribution in [0.1, 0.15) is 36.8 Å². The van der Waals surface area contributed by atoms with Crippen LogP contribution < -0.4 is 15.4 Å². The monoisotopic (exact) mass is 341 g/mol. The lowest BCUT2D eigenvalue weighted by atomic mass is 9.85. The Morgan fingerprint density at radius 1 is 1.17 bits per heavy atom. The van der Waals surface area contributed by atoms with Gasteiger partial charge in [-0.05, 0) is 55.2 Å². The molecule has 1 aromatic carbocycles. The molecule has 0 bridgehead atoms. The molecule has 0 atom stereocenters. The lowest BCUT2D eigenvalue weighted by Gasteiger charge is -2.33. The minimum Gasteiger partial charge on any atom is -0.493 e. The highest BCUT2D eigenvalue weighted by Crippen LogP contribution is 2.40. The fourth-order valence-corrected chi connectivity index (χ4v) is 3.85. The van der Waals surface area contributed by atoms with E-state index in [4.69, 9.17) is 17.0 Å². The van der Waals surface area contributed by atoms with E-state index in [0.29, 0.717) is 16.7 Å². The number of aromatic nitrogens is 1. The van der Waals surface area contributed by atoms with E-state index in [-0.39, 0.29) is 5.54 Å². The molecule has 1 aliphatic rings. The molecule has 0 unspecified atom stereocenters. The summed E-state index contributed by atoms with van der Waals surface area (Å²) < 4.78 is 5.33. The highest BCUT2D eigenvalue weighted by atomic mass is 32.1. The summed E-state index contributed by atoms with van der Waals surface area (Å²) in [5, 5.41) is 7.34. The van der Waals surface area contributed by atoms with Gasteiger partial charge in [0.25, 0.3) is 0 Å². The van der Waals surface area contributed by atoms with Crippen molar-refractivity contribution in [2.24, 2.45) is 0 Å². The highest BCUT2D eigenvalue weighted by Gasteiger charge is 2.37. The van der Waals surface area contributed by atoms with Crippen molar-refractivity contribution in [2.45, 2.75) is 38.1 Å². The fourth-order valence-electron chi connectivity index (χ4n) is 3.56. The Morgan fingerprint density at radius 3 is 2.62 bits per heavy atom. The Hall–Kier alpha value is -2.14. The second-order valence-corrected chi connectivity index (χ2v) is 6.65. The number of nitrogens with zero attached hydrogens (tertiary/aromatic N) is 1. The maximum Gasteiger partial charge on any atom is 0.174 e. The zero-order chi connectivity index (χ0) is 17.0. The number of pyridine rings is 1. The number of nitrogens with one attached hydrogen (secondary N) is 2. The van der Waals surface area contributed by atoms with Gasteiger partial charge in [0.1, 0.15) is 0 Å². The molecule has 4 nitrogen and oxygen atoms in total. The molecule has 1 fully saturated rings. The molecule has 1 saturated carbocycles. The lowest BCUT2D eigenvalue weighted by molar-refractivity contribution is 0.405.